The molecule has 0 radical (unpaired) electrons. The fraction of sp³-hybridized carbons (Fsp3) is 0.500. The Kier molecular flexibility index (Phi) is 4.92. The molecule has 106 valence electrons. The third-order valence-corrected chi connectivity index (χ3v) is 3.88. The number of nitrogens with zero attached hydrogens (tertiary/aromatic N) is 2. The molecule has 1 atom stereocenters. The van der Waals surface area contributed by atoms with Gasteiger partial charge in [0.1, 0.15) is 4.90 Å². The number of rotatable bonds is 6. The van der Waals surface area contributed by atoms with E-state index >= 15 is 0 Å². The molecule has 0 saturated carbocycles. The fourth-order valence-corrected chi connectivity index (χ4v) is 2.15. The molecule has 0 bridgehead atoms. The Morgan fingerprint density at radius 1 is 1.47 bits per heavy atom. The number of hydrogen-bond acceptors (Lipinski definition) is 6. The minimum absolute atomic E-state index is 0.0855. The van der Waals surface area contributed by atoms with E-state index in [1.54, 1.807) is 13.8 Å². The Balaban J connectivity index is 2.80. The van der Waals surface area contributed by atoms with Crippen LogP contribution < -0.4 is 4.72 Å². The Hall–Kier alpha value is -1.58. The molecule has 1 heterocycles. The minimum Gasteiger partial charge on any atom is -0.391 e. The largest absolute Gasteiger partial charge is 0.391 e. The van der Waals surface area contributed by atoms with E-state index in [2.05, 4.69) is 9.71 Å². The van der Waals surface area contributed by atoms with Gasteiger partial charge in [-0.15, -0.1) is 0 Å². The molecule has 1 rings (SSSR count). The van der Waals surface area contributed by atoms with Crippen molar-refractivity contribution in [3.05, 3.63) is 28.4 Å². The van der Waals surface area contributed by atoms with Gasteiger partial charge in [0.05, 0.1) is 6.10 Å². The molecule has 0 spiro atoms. The van der Waals surface area contributed by atoms with Gasteiger partial charge >= 0.3 is 5.82 Å². The summed E-state index contributed by atoms with van der Waals surface area (Å²) < 4.78 is 25.8. The fourth-order valence-electron chi connectivity index (χ4n) is 1.15. The van der Waals surface area contributed by atoms with Crippen molar-refractivity contribution in [2.45, 2.75) is 24.8 Å². The highest BCUT2D eigenvalue weighted by atomic mass is 32.2. The van der Waals surface area contributed by atoms with E-state index in [0.29, 0.717) is 0 Å². The van der Waals surface area contributed by atoms with Gasteiger partial charge in [-0.05, 0) is 21.9 Å². The second-order valence-electron chi connectivity index (χ2n) is 4.27. The smallest absolute Gasteiger partial charge is 0.363 e. The summed E-state index contributed by atoms with van der Waals surface area (Å²) in [7, 11) is -3.83. The van der Waals surface area contributed by atoms with Crippen molar-refractivity contribution in [2.75, 3.05) is 6.54 Å². The number of sulfonamides is 1. The summed E-state index contributed by atoms with van der Waals surface area (Å²) in [5, 5.41) is 19.9. The van der Waals surface area contributed by atoms with Crippen LogP contribution in [-0.2, 0) is 10.0 Å². The Labute approximate surface area is 110 Å². The molecular formula is C10H15N3O5S. The highest BCUT2D eigenvalue weighted by molar-refractivity contribution is 7.89. The summed E-state index contributed by atoms with van der Waals surface area (Å²) in [4.78, 5) is 12.9. The number of nitrogens with one attached hydrogen (secondary N) is 1. The van der Waals surface area contributed by atoms with Crippen LogP contribution in [0.1, 0.15) is 13.8 Å². The zero-order valence-electron chi connectivity index (χ0n) is 10.5. The predicted molar refractivity (Wildman–Crippen MR) is 66.9 cm³/mol. The SMILES string of the molecule is CC(C)C(O)CNS(=O)(=O)c1ccc([N+](=O)[O-])nc1. The average Bonchev–Trinajstić information content (AvgIpc) is 2.36. The molecule has 0 aromatic carbocycles. The van der Waals surface area contributed by atoms with Gasteiger partial charge in [-0.2, -0.15) is 0 Å². The average molecular weight is 289 g/mol. The van der Waals surface area contributed by atoms with E-state index in [1.807, 2.05) is 0 Å². The first-order chi connectivity index (χ1) is 8.74. The van der Waals surface area contributed by atoms with Crippen LogP contribution in [0.5, 0.6) is 0 Å². The topological polar surface area (TPSA) is 122 Å². The van der Waals surface area contributed by atoms with Crippen molar-refractivity contribution in [2.24, 2.45) is 5.92 Å². The molecule has 1 unspecified atom stereocenters. The lowest BCUT2D eigenvalue weighted by atomic mass is 10.1. The van der Waals surface area contributed by atoms with Crippen molar-refractivity contribution in [1.82, 2.24) is 9.71 Å². The molecule has 2 N–H and O–H groups in total. The van der Waals surface area contributed by atoms with Crippen LogP contribution in [0.2, 0.25) is 0 Å². The van der Waals surface area contributed by atoms with Crippen molar-refractivity contribution in [3.8, 4) is 0 Å². The molecule has 0 fully saturated rings. The van der Waals surface area contributed by atoms with E-state index in [1.165, 1.54) is 0 Å². The standard InChI is InChI=1S/C10H15N3O5S/c1-7(2)9(14)6-12-19(17,18)8-3-4-10(11-5-8)13(15)16/h3-5,7,9,12,14H,6H2,1-2H3. The van der Waals surface area contributed by atoms with E-state index in [-0.39, 0.29) is 17.4 Å². The minimum atomic E-state index is -3.83. The molecule has 0 aliphatic rings. The Morgan fingerprint density at radius 3 is 2.53 bits per heavy atom. The molecule has 0 aliphatic carbocycles. The van der Waals surface area contributed by atoms with Crippen molar-refractivity contribution in [3.63, 3.8) is 0 Å². The van der Waals surface area contributed by atoms with Crippen LogP contribution in [-0.4, -0.2) is 36.1 Å². The number of aliphatic hydroxyl groups excluding tert-OH is 1. The number of aliphatic hydroxyl groups is 1. The van der Waals surface area contributed by atoms with Crippen LogP contribution in [0.4, 0.5) is 5.82 Å². The predicted octanol–water partition coefficient (Wildman–Crippen LogP) is 0.285. The maximum absolute atomic E-state index is 11.8. The Bertz CT molecular complexity index is 541. The number of pyridine rings is 1. The first kappa shape index (κ1) is 15.5. The molecule has 1 aromatic rings. The summed E-state index contributed by atoms with van der Waals surface area (Å²) in [6.07, 6.45) is 0.100. The maximum atomic E-state index is 11.8. The van der Waals surface area contributed by atoms with Crippen LogP contribution in [0, 0.1) is 16.0 Å². The molecule has 19 heavy (non-hydrogen) atoms. The third kappa shape index (κ3) is 4.23. The van der Waals surface area contributed by atoms with Crippen LogP contribution >= 0.6 is 0 Å². The first-order valence-corrected chi connectivity index (χ1v) is 7.00. The molecule has 9 heteroatoms. The molecule has 0 aliphatic heterocycles. The van der Waals surface area contributed by atoms with Crippen LogP contribution in [0.3, 0.4) is 0 Å². The summed E-state index contributed by atoms with van der Waals surface area (Å²) in [5.41, 5.74) is 0. The monoisotopic (exact) mass is 289 g/mol. The molecule has 0 saturated heterocycles. The second-order valence-corrected chi connectivity index (χ2v) is 6.04. The highest BCUT2D eigenvalue weighted by Gasteiger charge is 2.20. The molecule has 0 amide bonds. The van der Waals surface area contributed by atoms with Gasteiger partial charge in [0.15, 0.2) is 6.20 Å². The summed E-state index contributed by atoms with van der Waals surface area (Å²) in [6, 6.07) is 2.10. The number of aromatic nitrogens is 1. The summed E-state index contributed by atoms with van der Waals surface area (Å²) >= 11 is 0. The van der Waals surface area contributed by atoms with Crippen LogP contribution in [0.15, 0.2) is 23.2 Å². The second kappa shape index (κ2) is 6.04. The van der Waals surface area contributed by atoms with E-state index in [9.17, 15) is 23.6 Å². The van der Waals surface area contributed by atoms with E-state index < -0.39 is 26.9 Å². The third-order valence-electron chi connectivity index (χ3n) is 2.47. The summed E-state index contributed by atoms with van der Waals surface area (Å²) in [6.45, 7) is 3.38. The van der Waals surface area contributed by atoms with E-state index in [4.69, 9.17) is 0 Å². The molecule has 8 nitrogen and oxygen atoms in total. The lowest BCUT2D eigenvalue weighted by Crippen LogP contribution is -2.34. The van der Waals surface area contributed by atoms with E-state index in [0.717, 1.165) is 18.3 Å². The molecular weight excluding hydrogens is 274 g/mol. The van der Waals surface area contributed by atoms with Gasteiger partial charge in [-0.25, -0.2) is 13.1 Å². The summed E-state index contributed by atoms with van der Waals surface area (Å²) in [5.74, 6) is -0.515. The maximum Gasteiger partial charge on any atom is 0.363 e. The zero-order chi connectivity index (χ0) is 14.6. The quantitative estimate of drug-likeness (QED) is 0.573. The highest BCUT2D eigenvalue weighted by Crippen LogP contribution is 2.12. The van der Waals surface area contributed by atoms with Crippen LogP contribution in [0.25, 0.3) is 0 Å². The molecule has 1 aromatic heterocycles. The van der Waals surface area contributed by atoms with Gasteiger partial charge < -0.3 is 15.2 Å². The number of hydrogen-bond donors (Lipinski definition) is 2. The Morgan fingerprint density at radius 2 is 2.11 bits per heavy atom. The van der Waals surface area contributed by atoms with Gasteiger partial charge in [-0.1, -0.05) is 13.8 Å². The normalized spacial score (nSPS) is 13.5. The van der Waals surface area contributed by atoms with Gasteiger partial charge in [-0.3, -0.25) is 0 Å². The zero-order valence-corrected chi connectivity index (χ0v) is 11.3. The van der Waals surface area contributed by atoms with Gasteiger partial charge in [0.2, 0.25) is 10.0 Å². The van der Waals surface area contributed by atoms with Crippen molar-refractivity contribution < 1.29 is 18.4 Å². The first-order valence-electron chi connectivity index (χ1n) is 5.52. The van der Waals surface area contributed by atoms with Crippen molar-refractivity contribution in [1.29, 1.82) is 0 Å². The van der Waals surface area contributed by atoms with Crippen molar-refractivity contribution >= 4 is 15.8 Å². The number of nitro groups is 1. The van der Waals surface area contributed by atoms with Gasteiger partial charge in [0, 0.05) is 12.6 Å². The lowest BCUT2D eigenvalue weighted by Gasteiger charge is -2.14. The lowest BCUT2D eigenvalue weighted by molar-refractivity contribution is -0.389. The van der Waals surface area contributed by atoms with Gasteiger partial charge in [0.25, 0.3) is 0 Å².